The lowest BCUT2D eigenvalue weighted by Gasteiger charge is -2.39. The van der Waals surface area contributed by atoms with Crippen LogP contribution in [0.5, 0.6) is 5.75 Å². The Labute approximate surface area is 173 Å². The van der Waals surface area contributed by atoms with Gasteiger partial charge >= 0.3 is 12.2 Å². The first-order valence-electron chi connectivity index (χ1n) is 11.2. The number of ether oxygens (including phenoxy) is 1. The Morgan fingerprint density at radius 2 is 1.48 bits per heavy atom. The van der Waals surface area contributed by atoms with Crippen molar-refractivity contribution in [1.29, 1.82) is 0 Å². The fourth-order valence-corrected chi connectivity index (χ4v) is 4.65. The van der Waals surface area contributed by atoms with E-state index in [1.54, 1.807) is 4.90 Å². The Morgan fingerprint density at radius 3 is 2.03 bits per heavy atom. The molecule has 2 amide bonds. The van der Waals surface area contributed by atoms with Crippen LogP contribution in [0.2, 0.25) is 0 Å². The van der Waals surface area contributed by atoms with Crippen LogP contribution < -0.4 is 4.74 Å². The molecule has 2 aliphatic rings. The number of benzene rings is 1. The van der Waals surface area contributed by atoms with Crippen LogP contribution in [0, 0.1) is 0 Å². The summed E-state index contributed by atoms with van der Waals surface area (Å²) >= 11 is 0. The molecule has 29 heavy (non-hydrogen) atoms. The van der Waals surface area contributed by atoms with Crippen molar-refractivity contribution in [2.75, 3.05) is 6.67 Å². The predicted octanol–water partition coefficient (Wildman–Crippen LogP) is 5.65. The fourth-order valence-electron chi connectivity index (χ4n) is 4.65. The number of nitrogens with zero attached hydrogens (tertiary/aromatic N) is 2. The van der Waals surface area contributed by atoms with Crippen LogP contribution >= 0.6 is 0 Å². The predicted molar refractivity (Wildman–Crippen MR) is 112 cm³/mol. The van der Waals surface area contributed by atoms with Crippen molar-refractivity contribution in [3.8, 4) is 5.75 Å². The molecule has 160 valence electrons. The lowest BCUT2D eigenvalue weighted by Crippen LogP contribution is -2.53. The molecule has 6 heteroatoms. The van der Waals surface area contributed by atoms with Gasteiger partial charge in [0.2, 0.25) is 0 Å². The van der Waals surface area contributed by atoms with E-state index in [2.05, 4.69) is 0 Å². The van der Waals surface area contributed by atoms with Gasteiger partial charge in [0, 0.05) is 12.1 Å². The minimum Gasteiger partial charge on any atom is -0.465 e. The second-order valence-corrected chi connectivity index (χ2v) is 8.28. The number of hydrogen-bond acceptors (Lipinski definition) is 3. The standard InChI is InChI=1S/C23H34N2O4/c1-2-18-11-9-10-16-21(18)29-23(28)25(20-14-7-4-8-15-20)17-24(22(26)27)19-12-5-3-6-13-19/h9-11,16,19-20H,2-8,12-15,17H2,1H3,(H,26,27). The second-order valence-electron chi connectivity index (χ2n) is 8.28. The molecule has 0 saturated heterocycles. The van der Waals surface area contributed by atoms with Crippen molar-refractivity contribution in [3.05, 3.63) is 29.8 Å². The molecular weight excluding hydrogens is 368 g/mol. The van der Waals surface area contributed by atoms with Crippen LogP contribution in [0.4, 0.5) is 9.59 Å². The molecule has 2 saturated carbocycles. The van der Waals surface area contributed by atoms with Gasteiger partial charge in [0.15, 0.2) is 0 Å². The first kappa shape index (κ1) is 21.5. The summed E-state index contributed by atoms with van der Waals surface area (Å²) in [6, 6.07) is 7.59. The Morgan fingerprint density at radius 1 is 0.931 bits per heavy atom. The van der Waals surface area contributed by atoms with Gasteiger partial charge in [-0.05, 0) is 43.7 Å². The van der Waals surface area contributed by atoms with Gasteiger partial charge in [-0.1, -0.05) is 63.6 Å². The van der Waals surface area contributed by atoms with Crippen LogP contribution in [0.25, 0.3) is 0 Å². The Bertz CT molecular complexity index is 681. The van der Waals surface area contributed by atoms with Gasteiger partial charge < -0.3 is 9.84 Å². The number of carboxylic acid groups (broad SMARTS) is 1. The van der Waals surface area contributed by atoms with Crippen LogP contribution in [-0.4, -0.2) is 45.8 Å². The number of aryl methyl sites for hydroxylation is 1. The summed E-state index contributed by atoms with van der Waals surface area (Å²) in [5.41, 5.74) is 0.979. The maximum atomic E-state index is 13.2. The molecule has 2 fully saturated rings. The number of hydrogen-bond donors (Lipinski definition) is 1. The highest BCUT2D eigenvalue weighted by atomic mass is 16.6. The molecule has 0 atom stereocenters. The van der Waals surface area contributed by atoms with Gasteiger partial charge in [0.25, 0.3) is 0 Å². The maximum Gasteiger partial charge on any atom is 0.416 e. The highest BCUT2D eigenvalue weighted by Gasteiger charge is 2.33. The average molecular weight is 403 g/mol. The lowest BCUT2D eigenvalue weighted by atomic mass is 9.93. The highest BCUT2D eigenvalue weighted by Crippen LogP contribution is 2.28. The Hall–Kier alpha value is -2.24. The molecule has 3 rings (SSSR count). The summed E-state index contributed by atoms with van der Waals surface area (Å²) in [7, 11) is 0. The van der Waals surface area contributed by atoms with Gasteiger partial charge in [0.05, 0.1) is 0 Å². The first-order valence-corrected chi connectivity index (χ1v) is 11.2. The highest BCUT2D eigenvalue weighted by molar-refractivity contribution is 5.72. The van der Waals surface area contributed by atoms with Gasteiger partial charge in [-0.25, -0.2) is 9.59 Å². The molecule has 0 aliphatic heterocycles. The Kier molecular flexibility index (Phi) is 7.78. The van der Waals surface area contributed by atoms with Crippen LogP contribution in [0.15, 0.2) is 24.3 Å². The van der Waals surface area contributed by atoms with Crippen LogP contribution in [0.1, 0.15) is 76.7 Å². The molecular formula is C23H34N2O4. The van der Waals surface area contributed by atoms with E-state index in [1.165, 1.54) is 11.3 Å². The van der Waals surface area contributed by atoms with Gasteiger partial charge in [0.1, 0.15) is 12.4 Å². The van der Waals surface area contributed by atoms with Crippen molar-refractivity contribution in [3.63, 3.8) is 0 Å². The zero-order valence-electron chi connectivity index (χ0n) is 17.5. The summed E-state index contributed by atoms with van der Waals surface area (Å²) in [6.07, 6.45) is 9.51. The quantitative estimate of drug-likeness (QED) is 0.624. The molecule has 6 nitrogen and oxygen atoms in total. The molecule has 1 N–H and O–H groups in total. The van der Waals surface area contributed by atoms with E-state index in [0.29, 0.717) is 5.75 Å². The minimum absolute atomic E-state index is 0.0110. The molecule has 0 unspecified atom stereocenters. The average Bonchev–Trinajstić information content (AvgIpc) is 2.75. The van der Waals surface area contributed by atoms with Gasteiger partial charge in [-0.15, -0.1) is 0 Å². The normalized spacial score (nSPS) is 18.2. The molecule has 0 radical (unpaired) electrons. The van der Waals surface area contributed by atoms with Crippen molar-refractivity contribution >= 4 is 12.2 Å². The van der Waals surface area contributed by atoms with E-state index in [4.69, 9.17) is 4.74 Å². The summed E-state index contributed by atoms with van der Waals surface area (Å²) < 4.78 is 5.79. The second kappa shape index (κ2) is 10.5. The fraction of sp³-hybridized carbons (Fsp3) is 0.652. The third kappa shape index (κ3) is 5.64. The van der Waals surface area contributed by atoms with Gasteiger partial charge in [-0.2, -0.15) is 0 Å². The molecule has 0 heterocycles. The van der Waals surface area contributed by atoms with Crippen molar-refractivity contribution in [2.24, 2.45) is 0 Å². The number of para-hydroxylation sites is 1. The number of rotatable bonds is 6. The summed E-state index contributed by atoms with van der Waals surface area (Å²) in [5, 5.41) is 9.87. The van der Waals surface area contributed by atoms with Crippen LogP contribution in [0.3, 0.4) is 0 Å². The third-order valence-corrected chi connectivity index (χ3v) is 6.37. The van der Waals surface area contributed by atoms with Gasteiger partial charge in [-0.3, -0.25) is 9.80 Å². The minimum atomic E-state index is -0.945. The molecule has 1 aromatic rings. The first-order chi connectivity index (χ1) is 14.1. The van der Waals surface area contributed by atoms with E-state index in [-0.39, 0.29) is 18.8 Å². The largest absolute Gasteiger partial charge is 0.465 e. The van der Waals surface area contributed by atoms with Crippen molar-refractivity contribution in [1.82, 2.24) is 9.80 Å². The van der Waals surface area contributed by atoms with E-state index in [0.717, 1.165) is 69.8 Å². The molecule has 0 bridgehead atoms. The summed E-state index contributed by atoms with van der Waals surface area (Å²) in [5.74, 6) is 0.570. The van der Waals surface area contributed by atoms with E-state index in [1.807, 2.05) is 31.2 Å². The molecule has 0 aromatic heterocycles. The van der Waals surface area contributed by atoms with E-state index in [9.17, 15) is 14.7 Å². The topological polar surface area (TPSA) is 70.1 Å². The van der Waals surface area contributed by atoms with Crippen molar-refractivity contribution in [2.45, 2.75) is 89.6 Å². The zero-order chi connectivity index (χ0) is 20.6. The zero-order valence-corrected chi connectivity index (χ0v) is 17.5. The maximum absolute atomic E-state index is 13.2. The van der Waals surface area contributed by atoms with E-state index >= 15 is 0 Å². The lowest BCUT2D eigenvalue weighted by molar-refractivity contribution is 0.0445. The third-order valence-electron chi connectivity index (χ3n) is 6.37. The van der Waals surface area contributed by atoms with Crippen LogP contribution in [-0.2, 0) is 6.42 Å². The van der Waals surface area contributed by atoms with Crippen molar-refractivity contribution < 1.29 is 19.4 Å². The Balaban J connectivity index is 1.79. The summed E-state index contributed by atoms with van der Waals surface area (Å²) in [6.45, 7) is 2.12. The van der Waals surface area contributed by atoms with E-state index < -0.39 is 12.2 Å². The number of carbonyl (C=O) groups excluding carboxylic acids is 1. The monoisotopic (exact) mass is 402 g/mol. The smallest absolute Gasteiger partial charge is 0.416 e. The molecule has 1 aromatic carbocycles. The summed E-state index contributed by atoms with van der Waals surface area (Å²) in [4.78, 5) is 28.4. The number of carbonyl (C=O) groups is 2. The molecule has 0 spiro atoms. The SMILES string of the molecule is CCc1ccccc1OC(=O)N(CN(C(=O)O)C1CCCCC1)C1CCCCC1. The molecule has 2 aliphatic carbocycles. The number of amides is 2.